The molecule has 2 heterocycles. The summed E-state index contributed by atoms with van der Waals surface area (Å²) in [5.41, 5.74) is 2.95. The van der Waals surface area contributed by atoms with Crippen LogP contribution in [0.15, 0.2) is 65.6 Å². The van der Waals surface area contributed by atoms with Crippen LogP contribution in [0.2, 0.25) is 0 Å². The molecule has 0 radical (unpaired) electrons. The highest BCUT2D eigenvalue weighted by molar-refractivity contribution is 7.10. The van der Waals surface area contributed by atoms with Crippen molar-refractivity contribution in [2.24, 2.45) is 0 Å². The summed E-state index contributed by atoms with van der Waals surface area (Å²) in [5.74, 6) is -0.796. The van der Waals surface area contributed by atoms with E-state index >= 15 is 0 Å². The van der Waals surface area contributed by atoms with Crippen molar-refractivity contribution in [1.82, 2.24) is 0 Å². The Balaban J connectivity index is 1.90. The van der Waals surface area contributed by atoms with Gasteiger partial charge in [0.25, 0.3) is 11.7 Å². The topological polar surface area (TPSA) is 66.8 Å². The molecule has 3 aromatic rings. The molecule has 6 heteroatoms. The maximum absolute atomic E-state index is 13.1. The lowest BCUT2D eigenvalue weighted by molar-refractivity contribution is -0.132. The Morgan fingerprint density at radius 1 is 1.06 bits per heavy atom. The molecule has 1 amide bonds. The first-order chi connectivity index (χ1) is 14.9. The van der Waals surface area contributed by atoms with E-state index in [4.69, 9.17) is 4.74 Å². The fourth-order valence-electron chi connectivity index (χ4n) is 3.90. The summed E-state index contributed by atoms with van der Waals surface area (Å²) in [4.78, 5) is 28.6. The van der Waals surface area contributed by atoms with Crippen LogP contribution < -0.4 is 9.64 Å². The zero-order valence-electron chi connectivity index (χ0n) is 17.6. The van der Waals surface area contributed by atoms with Crippen molar-refractivity contribution < 1.29 is 19.4 Å². The lowest BCUT2D eigenvalue weighted by Crippen LogP contribution is -2.29. The number of anilines is 1. The van der Waals surface area contributed by atoms with Gasteiger partial charge in [0.1, 0.15) is 17.6 Å². The first-order valence-electron chi connectivity index (χ1n) is 10.1. The highest BCUT2D eigenvalue weighted by Gasteiger charge is 2.47. The molecule has 1 atom stereocenters. The van der Waals surface area contributed by atoms with Gasteiger partial charge < -0.3 is 9.84 Å². The second-order valence-corrected chi connectivity index (χ2v) is 8.36. The van der Waals surface area contributed by atoms with Crippen molar-refractivity contribution in [2.75, 3.05) is 11.5 Å². The molecular formula is C25H23NO4S. The van der Waals surface area contributed by atoms with Gasteiger partial charge in [-0.1, -0.05) is 24.3 Å². The first-order valence-corrected chi connectivity index (χ1v) is 11.0. The van der Waals surface area contributed by atoms with E-state index in [1.807, 2.05) is 62.5 Å². The van der Waals surface area contributed by atoms with Gasteiger partial charge in [0, 0.05) is 16.1 Å². The van der Waals surface area contributed by atoms with Crippen LogP contribution >= 0.6 is 11.3 Å². The Bertz CT molecular complexity index is 1180. The Labute approximate surface area is 185 Å². The molecule has 0 aliphatic carbocycles. The van der Waals surface area contributed by atoms with E-state index in [0.717, 1.165) is 16.0 Å². The zero-order valence-corrected chi connectivity index (χ0v) is 18.4. The van der Waals surface area contributed by atoms with Crippen LogP contribution in [0, 0.1) is 13.8 Å². The van der Waals surface area contributed by atoms with Crippen LogP contribution in [-0.2, 0) is 9.59 Å². The van der Waals surface area contributed by atoms with Crippen LogP contribution in [0.5, 0.6) is 5.75 Å². The second-order valence-electron chi connectivity index (χ2n) is 7.38. The quantitative estimate of drug-likeness (QED) is 0.333. The minimum atomic E-state index is -0.689. The Hall–Kier alpha value is -3.38. The van der Waals surface area contributed by atoms with Gasteiger partial charge in [0.15, 0.2) is 0 Å². The van der Waals surface area contributed by atoms with E-state index in [9.17, 15) is 14.7 Å². The summed E-state index contributed by atoms with van der Waals surface area (Å²) in [6.45, 7) is 6.22. The molecule has 0 spiro atoms. The molecule has 0 bridgehead atoms. The highest BCUT2D eigenvalue weighted by Crippen LogP contribution is 2.44. The van der Waals surface area contributed by atoms with Crippen molar-refractivity contribution >= 4 is 34.5 Å². The summed E-state index contributed by atoms with van der Waals surface area (Å²) in [6, 6.07) is 15.8. The van der Waals surface area contributed by atoms with Crippen molar-refractivity contribution in [2.45, 2.75) is 26.8 Å². The maximum Gasteiger partial charge on any atom is 0.300 e. The molecule has 5 nitrogen and oxygen atoms in total. The molecular weight excluding hydrogens is 410 g/mol. The molecule has 1 unspecified atom stereocenters. The molecule has 2 aromatic carbocycles. The van der Waals surface area contributed by atoms with E-state index in [1.165, 1.54) is 16.2 Å². The summed E-state index contributed by atoms with van der Waals surface area (Å²) >= 11 is 1.45. The van der Waals surface area contributed by atoms with E-state index in [-0.39, 0.29) is 11.3 Å². The van der Waals surface area contributed by atoms with E-state index in [1.54, 1.807) is 18.2 Å². The number of Topliss-reactive ketones (excluding diaryl/α,β-unsaturated/α-hetero) is 1. The Morgan fingerprint density at radius 3 is 2.48 bits per heavy atom. The summed E-state index contributed by atoms with van der Waals surface area (Å²) in [7, 11) is 0. The minimum absolute atomic E-state index is 0.0965. The van der Waals surface area contributed by atoms with Gasteiger partial charge >= 0.3 is 0 Å². The smallest absolute Gasteiger partial charge is 0.300 e. The monoisotopic (exact) mass is 433 g/mol. The Morgan fingerprint density at radius 2 is 1.84 bits per heavy atom. The van der Waals surface area contributed by atoms with Crippen LogP contribution in [0.4, 0.5) is 5.69 Å². The number of rotatable bonds is 5. The third-order valence-corrected chi connectivity index (χ3v) is 6.31. The average molecular weight is 434 g/mol. The van der Waals surface area contributed by atoms with Crippen molar-refractivity contribution in [3.63, 3.8) is 0 Å². The highest BCUT2D eigenvalue weighted by atomic mass is 32.1. The standard InChI is InChI=1S/C25H23NO4S/c1-4-30-19-12-11-17(14-16(19)3)23(27)21-22(20-10-7-13-31-20)26(25(29)24(21)28)18-9-6-5-8-15(18)2/h5-14,22,27H,4H2,1-3H3/b23-21-. The molecule has 1 N–H and O–H groups in total. The van der Waals surface area contributed by atoms with E-state index in [0.29, 0.717) is 23.6 Å². The second kappa shape index (κ2) is 8.40. The molecule has 0 saturated carbocycles. The fourth-order valence-corrected chi connectivity index (χ4v) is 4.72. The third kappa shape index (κ3) is 3.64. The van der Waals surface area contributed by atoms with Gasteiger partial charge in [-0.25, -0.2) is 0 Å². The summed E-state index contributed by atoms with van der Waals surface area (Å²) in [5, 5.41) is 13.1. The number of hydrogen-bond acceptors (Lipinski definition) is 5. The van der Waals surface area contributed by atoms with Crippen LogP contribution in [0.25, 0.3) is 5.76 Å². The molecule has 4 rings (SSSR count). The number of hydrogen-bond donors (Lipinski definition) is 1. The van der Waals surface area contributed by atoms with Gasteiger partial charge in [-0.2, -0.15) is 0 Å². The molecule has 1 aliphatic heterocycles. The van der Waals surface area contributed by atoms with Crippen LogP contribution in [-0.4, -0.2) is 23.4 Å². The predicted molar refractivity (Wildman–Crippen MR) is 123 cm³/mol. The number of aliphatic hydroxyl groups excluding tert-OH is 1. The van der Waals surface area contributed by atoms with Gasteiger partial charge in [-0.05, 0) is 67.6 Å². The SMILES string of the molecule is CCOc1ccc(/C(O)=C2/C(=O)C(=O)N(c3ccccc3C)C2c2cccs2)cc1C. The molecule has 1 fully saturated rings. The third-order valence-electron chi connectivity index (χ3n) is 5.38. The van der Waals surface area contributed by atoms with Gasteiger partial charge in [0.05, 0.1) is 12.2 Å². The minimum Gasteiger partial charge on any atom is -0.507 e. The number of benzene rings is 2. The fraction of sp³-hybridized carbons (Fsp3) is 0.200. The Kier molecular flexibility index (Phi) is 5.65. The van der Waals surface area contributed by atoms with Crippen LogP contribution in [0.3, 0.4) is 0 Å². The van der Waals surface area contributed by atoms with Crippen molar-refractivity contribution in [3.05, 3.63) is 87.1 Å². The number of amides is 1. The lowest BCUT2D eigenvalue weighted by Gasteiger charge is -2.25. The zero-order chi connectivity index (χ0) is 22.1. The average Bonchev–Trinajstić information content (AvgIpc) is 3.37. The van der Waals surface area contributed by atoms with Gasteiger partial charge in [-0.3, -0.25) is 14.5 Å². The molecule has 1 saturated heterocycles. The number of nitrogens with zero attached hydrogens (tertiary/aromatic N) is 1. The molecule has 31 heavy (non-hydrogen) atoms. The van der Waals surface area contributed by atoms with E-state index < -0.39 is 17.7 Å². The van der Waals surface area contributed by atoms with Gasteiger partial charge in [0.2, 0.25) is 0 Å². The number of aliphatic hydroxyl groups is 1. The normalized spacial score (nSPS) is 17.9. The molecule has 1 aliphatic rings. The molecule has 1 aromatic heterocycles. The maximum atomic E-state index is 13.1. The number of aryl methyl sites for hydroxylation is 2. The number of carbonyl (C=O) groups excluding carboxylic acids is 2. The number of ketones is 1. The number of carbonyl (C=O) groups is 2. The predicted octanol–water partition coefficient (Wildman–Crippen LogP) is 5.39. The number of para-hydroxylation sites is 1. The number of ether oxygens (including phenoxy) is 1. The lowest BCUT2D eigenvalue weighted by atomic mass is 9.98. The summed E-state index contributed by atoms with van der Waals surface area (Å²) < 4.78 is 5.58. The molecule has 158 valence electrons. The first kappa shape index (κ1) is 20.9. The van der Waals surface area contributed by atoms with E-state index in [2.05, 4.69) is 0 Å². The summed E-state index contributed by atoms with van der Waals surface area (Å²) in [6.07, 6.45) is 0. The van der Waals surface area contributed by atoms with Gasteiger partial charge in [-0.15, -0.1) is 11.3 Å². The number of thiophene rings is 1. The van der Waals surface area contributed by atoms with Crippen LogP contribution in [0.1, 0.15) is 34.5 Å². The van der Waals surface area contributed by atoms with Crippen molar-refractivity contribution in [3.8, 4) is 5.75 Å². The van der Waals surface area contributed by atoms with Crippen molar-refractivity contribution in [1.29, 1.82) is 0 Å². The largest absolute Gasteiger partial charge is 0.507 e.